The van der Waals surface area contributed by atoms with Gasteiger partial charge in [0.2, 0.25) is 0 Å². The van der Waals surface area contributed by atoms with Crippen LogP contribution in [0, 0.1) is 0 Å². The van der Waals surface area contributed by atoms with E-state index >= 15 is 0 Å². The molecule has 0 radical (unpaired) electrons. The fraction of sp³-hybridized carbons (Fsp3) is 1.00. The standard InChI is InChI=1S/C5H12Si/c6-5-3-1-2-4-5/h5H,1-4H2,6H3. The third-order valence-corrected chi connectivity index (χ3v) is 2.80. The van der Waals surface area contributed by atoms with E-state index in [9.17, 15) is 0 Å². The summed E-state index contributed by atoms with van der Waals surface area (Å²) in [5.74, 6) is 0. The van der Waals surface area contributed by atoms with Gasteiger partial charge in [-0.2, -0.15) is 0 Å². The van der Waals surface area contributed by atoms with Crippen LogP contribution < -0.4 is 0 Å². The monoisotopic (exact) mass is 100 g/mol. The van der Waals surface area contributed by atoms with Gasteiger partial charge in [0.05, 0.1) is 0 Å². The minimum absolute atomic E-state index is 1.19. The van der Waals surface area contributed by atoms with Crippen LogP contribution in [0.15, 0.2) is 0 Å². The molecule has 0 heterocycles. The van der Waals surface area contributed by atoms with Gasteiger partial charge < -0.3 is 0 Å². The van der Waals surface area contributed by atoms with E-state index in [4.69, 9.17) is 0 Å². The quantitative estimate of drug-likeness (QED) is 0.393. The summed E-state index contributed by atoms with van der Waals surface area (Å²) in [4.78, 5) is 0. The highest BCUT2D eigenvalue weighted by atomic mass is 28.1. The van der Waals surface area contributed by atoms with Crippen molar-refractivity contribution >= 4 is 10.2 Å². The SMILES string of the molecule is [SiH3]C1CCCC1. The molecule has 6 heavy (non-hydrogen) atoms. The van der Waals surface area contributed by atoms with Crippen LogP contribution in [0.3, 0.4) is 0 Å². The summed E-state index contributed by atoms with van der Waals surface area (Å²) in [5.41, 5.74) is 1.19. The largest absolute Gasteiger partial charge is 0.0546 e. The van der Waals surface area contributed by atoms with Crippen LogP contribution in [-0.4, -0.2) is 10.2 Å². The maximum Gasteiger partial charge on any atom is 0.00672 e. The zero-order valence-electron chi connectivity index (χ0n) is 4.41. The molecule has 1 heteroatoms. The van der Waals surface area contributed by atoms with Gasteiger partial charge >= 0.3 is 0 Å². The first-order valence-electron chi connectivity index (χ1n) is 2.89. The molecule has 0 spiro atoms. The van der Waals surface area contributed by atoms with Crippen LogP contribution in [-0.2, 0) is 0 Å². The highest BCUT2D eigenvalue weighted by molar-refractivity contribution is 6.11. The molecule has 0 nitrogen and oxygen atoms in total. The van der Waals surface area contributed by atoms with E-state index in [1.165, 1.54) is 28.6 Å². The van der Waals surface area contributed by atoms with Crippen LogP contribution in [0.2, 0.25) is 5.54 Å². The van der Waals surface area contributed by atoms with Gasteiger partial charge in [0.1, 0.15) is 0 Å². The second-order valence-corrected chi connectivity index (χ2v) is 4.02. The number of hydrogen-bond donors (Lipinski definition) is 0. The molecule has 0 unspecified atom stereocenters. The average molecular weight is 100 g/mol. The molecule has 0 atom stereocenters. The van der Waals surface area contributed by atoms with Crippen LogP contribution in [0.25, 0.3) is 0 Å². The molecular formula is C5H12Si. The zero-order chi connectivity index (χ0) is 4.41. The molecular weight excluding hydrogens is 88.1 g/mol. The molecule has 0 N–H and O–H groups in total. The minimum Gasteiger partial charge on any atom is -0.0546 e. The Morgan fingerprint density at radius 3 is 1.83 bits per heavy atom. The highest BCUT2D eigenvalue weighted by Gasteiger charge is 2.07. The fourth-order valence-corrected chi connectivity index (χ4v) is 1.95. The van der Waals surface area contributed by atoms with E-state index in [1.54, 1.807) is 12.8 Å². The lowest BCUT2D eigenvalue weighted by Crippen LogP contribution is -1.77. The van der Waals surface area contributed by atoms with Gasteiger partial charge in [-0.05, 0) is 0 Å². The third kappa shape index (κ3) is 0.838. The molecule has 1 aliphatic rings. The Labute approximate surface area is 42.4 Å². The van der Waals surface area contributed by atoms with Gasteiger partial charge in [-0.3, -0.25) is 0 Å². The van der Waals surface area contributed by atoms with E-state index in [0.29, 0.717) is 0 Å². The molecule has 0 amide bonds. The summed E-state index contributed by atoms with van der Waals surface area (Å²) in [6, 6.07) is 0. The van der Waals surface area contributed by atoms with Gasteiger partial charge in [0.25, 0.3) is 0 Å². The maximum atomic E-state index is 1.55. The van der Waals surface area contributed by atoms with Gasteiger partial charge in [0.15, 0.2) is 0 Å². The van der Waals surface area contributed by atoms with E-state index in [2.05, 4.69) is 0 Å². The molecule has 0 saturated heterocycles. The highest BCUT2D eigenvalue weighted by Crippen LogP contribution is 2.26. The predicted molar refractivity (Wildman–Crippen MR) is 32.2 cm³/mol. The van der Waals surface area contributed by atoms with Gasteiger partial charge in [0, 0.05) is 10.2 Å². The summed E-state index contributed by atoms with van der Waals surface area (Å²) in [6.45, 7) is 0. The Morgan fingerprint density at radius 2 is 1.67 bits per heavy atom. The Balaban J connectivity index is 2.18. The normalized spacial score (nSPS) is 26.0. The Hall–Kier alpha value is 0.217. The minimum atomic E-state index is 1.19. The molecule has 0 aromatic rings. The fourth-order valence-electron chi connectivity index (χ4n) is 1.13. The topological polar surface area (TPSA) is 0 Å². The zero-order valence-corrected chi connectivity index (χ0v) is 6.41. The van der Waals surface area contributed by atoms with Crippen molar-refractivity contribution in [2.75, 3.05) is 0 Å². The summed E-state index contributed by atoms with van der Waals surface area (Å²) < 4.78 is 0. The van der Waals surface area contributed by atoms with Gasteiger partial charge in [-0.25, -0.2) is 0 Å². The van der Waals surface area contributed by atoms with Crippen molar-refractivity contribution in [2.45, 2.75) is 31.2 Å². The first-order chi connectivity index (χ1) is 2.89. The van der Waals surface area contributed by atoms with Crippen LogP contribution in [0.1, 0.15) is 25.7 Å². The molecule has 0 aromatic carbocycles. The van der Waals surface area contributed by atoms with E-state index in [-0.39, 0.29) is 0 Å². The molecule has 1 saturated carbocycles. The first kappa shape index (κ1) is 4.38. The smallest absolute Gasteiger partial charge is 0.00672 e. The molecule has 1 fully saturated rings. The molecule has 0 bridgehead atoms. The van der Waals surface area contributed by atoms with Crippen molar-refractivity contribution < 1.29 is 0 Å². The Bertz CT molecular complexity index is 37.2. The third-order valence-electron chi connectivity index (χ3n) is 1.64. The van der Waals surface area contributed by atoms with E-state index in [1.807, 2.05) is 0 Å². The number of hydrogen-bond acceptors (Lipinski definition) is 0. The molecule has 0 aliphatic heterocycles. The Morgan fingerprint density at radius 1 is 1.17 bits per heavy atom. The van der Waals surface area contributed by atoms with Gasteiger partial charge in [-0.1, -0.05) is 31.2 Å². The van der Waals surface area contributed by atoms with Crippen LogP contribution in [0.5, 0.6) is 0 Å². The summed E-state index contributed by atoms with van der Waals surface area (Å²) in [7, 11) is 1.45. The average Bonchev–Trinajstić information content (AvgIpc) is 1.86. The van der Waals surface area contributed by atoms with Crippen LogP contribution in [0.4, 0.5) is 0 Å². The number of rotatable bonds is 0. The lowest BCUT2D eigenvalue weighted by atomic mass is 10.4. The van der Waals surface area contributed by atoms with Crippen molar-refractivity contribution in [3.8, 4) is 0 Å². The second-order valence-electron chi connectivity index (χ2n) is 2.39. The molecule has 0 aromatic heterocycles. The first-order valence-corrected chi connectivity index (χ1v) is 4.05. The van der Waals surface area contributed by atoms with Crippen molar-refractivity contribution in [3.63, 3.8) is 0 Å². The van der Waals surface area contributed by atoms with E-state index in [0.717, 1.165) is 0 Å². The van der Waals surface area contributed by atoms with Crippen LogP contribution >= 0.6 is 0 Å². The maximum absolute atomic E-state index is 1.55. The summed E-state index contributed by atoms with van der Waals surface area (Å²) in [5, 5.41) is 0. The molecule has 1 aliphatic carbocycles. The second kappa shape index (κ2) is 1.78. The lowest BCUT2D eigenvalue weighted by Gasteiger charge is -1.91. The van der Waals surface area contributed by atoms with Crippen molar-refractivity contribution in [1.82, 2.24) is 0 Å². The predicted octanol–water partition coefficient (Wildman–Crippen LogP) is 0.714. The van der Waals surface area contributed by atoms with E-state index < -0.39 is 0 Å². The van der Waals surface area contributed by atoms with Crippen molar-refractivity contribution in [3.05, 3.63) is 0 Å². The van der Waals surface area contributed by atoms with Crippen molar-refractivity contribution in [2.24, 2.45) is 0 Å². The molecule has 36 valence electrons. The van der Waals surface area contributed by atoms with Crippen molar-refractivity contribution in [1.29, 1.82) is 0 Å². The summed E-state index contributed by atoms with van der Waals surface area (Å²) in [6.07, 6.45) is 6.14. The lowest BCUT2D eigenvalue weighted by molar-refractivity contribution is 0.880. The van der Waals surface area contributed by atoms with Gasteiger partial charge in [-0.15, -0.1) is 0 Å². The molecule has 1 rings (SSSR count). The Kier molecular flexibility index (Phi) is 1.30. The summed E-state index contributed by atoms with van der Waals surface area (Å²) >= 11 is 0.